The maximum Gasteiger partial charge on any atom is 0.287 e. The molecule has 0 radical (unpaired) electrons. The van der Waals surface area contributed by atoms with Crippen molar-refractivity contribution in [3.8, 4) is 0 Å². The Balaban J connectivity index is 2.93. The SMILES string of the molecule is CC1(S(=O)(=O)OS(=O)(=O)CP)CCCCC1. The van der Waals surface area contributed by atoms with Crippen LogP contribution in [0.3, 0.4) is 0 Å². The van der Waals surface area contributed by atoms with Crippen molar-refractivity contribution in [3.05, 3.63) is 0 Å². The van der Waals surface area contributed by atoms with E-state index in [1.807, 2.05) is 9.24 Å². The van der Waals surface area contributed by atoms with Crippen molar-refractivity contribution < 1.29 is 20.5 Å². The summed E-state index contributed by atoms with van der Waals surface area (Å²) in [4.78, 5) is 0. The van der Waals surface area contributed by atoms with Gasteiger partial charge < -0.3 is 0 Å². The van der Waals surface area contributed by atoms with Crippen LogP contribution in [0.25, 0.3) is 0 Å². The highest BCUT2D eigenvalue weighted by Gasteiger charge is 2.43. The molecule has 0 aromatic rings. The molecule has 0 bridgehead atoms. The Morgan fingerprint density at radius 3 is 2.06 bits per heavy atom. The van der Waals surface area contributed by atoms with Crippen molar-refractivity contribution in [2.75, 3.05) is 5.49 Å². The molecule has 8 heteroatoms. The summed E-state index contributed by atoms with van der Waals surface area (Å²) in [7, 11) is -6.10. The van der Waals surface area contributed by atoms with Crippen LogP contribution in [0.1, 0.15) is 39.0 Å². The van der Waals surface area contributed by atoms with Crippen LogP contribution in [-0.2, 0) is 23.9 Å². The van der Waals surface area contributed by atoms with Crippen LogP contribution in [0.15, 0.2) is 0 Å². The zero-order valence-electron chi connectivity index (χ0n) is 9.18. The van der Waals surface area contributed by atoms with Crippen molar-refractivity contribution in [2.24, 2.45) is 0 Å². The first-order valence-corrected chi connectivity index (χ1v) is 8.91. The van der Waals surface area contributed by atoms with Crippen molar-refractivity contribution in [1.29, 1.82) is 0 Å². The maximum atomic E-state index is 11.9. The van der Waals surface area contributed by atoms with Crippen molar-refractivity contribution in [1.82, 2.24) is 0 Å². The molecule has 16 heavy (non-hydrogen) atoms. The second-order valence-corrected chi connectivity index (χ2v) is 9.14. The molecule has 0 aromatic heterocycles. The minimum atomic E-state index is -4.05. The van der Waals surface area contributed by atoms with Crippen LogP contribution in [-0.4, -0.2) is 27.1 Å². The highest BCUT2D eigenvalue weighted by Crippen LogP contribution is 2.36. The molecule has 1 saturated carbocycles. The van der Waals surface area contributed by atoms with E-state index >= 15 is 0 Å². The first-order valence-electron chi connectivity index (χ1n) is 5.11. The van der Waals surface area contributed by atoms with Gasteiger partial charge in [0.15, 0.2) is 0 Å². The summed E-state index contributed by atoms with van der Waals surface area (Å²) >= 11 is 0. The lowest BCUT2D eigenvalue weighted by Crippen LogP contribution is -2.39. The molecule has 1 atom stereocenters. The molecule has 5 nitrogen and oxygen atoms in total. The summed E-state index contributed by atoms with van der Waals surface area (Å²) in [5, 5.41) is 0. The van der Waals surface area contributed by atoms with Gasteiger partial charge in [0.2, 0.25) is 0 Å². The van der Waals surface area contributed by atoms with Crippen LogP contribution >= 0.6 is 9.24 Å². The number of rotatable bonds is 4. The molecule has 0 N–H and O–H groups in total. The smallest absolute Gasteiger partial charge is 0.198 e. The van der Waals surface area contributed by atoms with Crippen LogP contribution in [0, 0.1) is 0 Å². The zero-order chi connectivity index (χ0) is 12.4. The second-order valence-electron chi connectivity index (χ2n) is 4.26. The predicted octanol–water partition coefficient (Wildman–Crippen LogP) is 1.22. The fourth-order valence-electron chi connectivity index (χ4n) is 1.80. The minimum absolute atomic E-state index is 0.414. The summed E-state index contributed by atoms with van der Waals surface area (Å²) < 4.78 is 49.4. The van der Waals surface area contributed by atoms with Crippen LogP contribution in [0.5, 0.6) is 0 Å². The molecule has 1 fully saturated rings. The number of hydrogen-bond donors (Lipinski definition) is 0. The molecule has 1 aliphatic rings. The molecule has 0 spiro atoms. The molecular weight excluding hydrogens is 271 g/mol. The molecule has 1 unspecified atom stereocenters. The molecule has 0 amide bonds. The molecule has 0 saturated heterocycles. The van der Waals surface area contributed by atoms with Crippen LogP contribution < -0.4 is 0 Å². The molecule has 1 rings (SSSR count). The van der Waals surface area contributed by atoms with Gasteiger partial charge in [0.05, 0.1) is 10.2 Å². The molecular formula is C8H17O5PS2. The van der Waals surface area contributed by atoms with E-state index < -0.39 is 30.5 Å². The summed E-state index contributed by atoms with van der Waals surface area (Å²) in [6, 6.07) is 0. The van der Waals surface area contributed by atoms with E-state index in [4.69, 9.17) is 0 Å². The van der Waals surface area contributed by atoms with Gasteiger partial charge >= 0.3 is 0 Å². The average Bonchev–Trinajstić information content (AvgIpc) is 2.17. The lowest BCUT2D eigenvalue weighted by Gasteiger charge is -2.31. The Morgan fingerprint density at radius 2 is 1.62 bits per heavy atom. The fourth-order valence-corrected chi connectivity index (χ4v) is 5.06. The molecule has 0 heterocycles. The van der Waals surface area contributed by atoms with E-state index in [-0.39, 0.29) is 0 Å². The Hall–Kier alpha value is 0.290. The molecule has 1 aliphatic carbocycles. The van der Waals surface area contributed by atoms with Crippen LogP contribution in [0.4, 0.5) is 0 Å². The summed E-state index contributed by atoms with van der Waals surface area (Å²) in [5.74, 6) is 0. The van der Waals surface area contributed by atoms with Gasteiger partial charge in [-0.2, -0.15) is 16.8 Å². The third kappa shape index (κ3) is 3.15. The van der Waals surface area contributed by atoms with Gasteiger partial charge in [0.25, 0.3) is 20.2 Å². The molecule has 96 valence electrons. The summed E-state index contributed by atoms with van der Waals surface area (Å²) in [6.07, 6.45) is 3.49. The molecule has 0 aliphatic heterocycles. The third-order valence-electron chi connectivity index (χ3n) is 2.91. The van der Waals surface area contributed by atoms with Crippen molar-refractivity contribution in [2.45, 2.75) is 43.8 Å². The van der Waals surface area contributed by atoms with Gasteiger partial charge in [-0.1, -0.05) is 19.3 Å². The summed E-state index contributed by atoms with van der Waals surface area (Å²) in [6.45, 7) is 1.56. The van der Waals surface area contributed by atoms with E-state index in [1.165, 1.54) is 0 Å². The monoisotopic (exact) mass is 288 g/mol. The van der Waals surface area contributed by atoms with Gasteiger partial charge in [0.1, 0.15) is 0 Å². The van der Waals surface area contributed by atoms with Gasteiger partial charge in [0, 0.05) is 0 Å². The lowest BCUT2D eigenvalue weighted by atomic mass is 9.90. The number of hydrogen-bond acceptors (Lipinski definition) is 5. The van der Waals surface area contributed by atoms with Gasteiger partial charge in [-0.3, -0.25) is 0 Å². The Morgan fingerprint density at radius 1 is 1.12 bits per heavy atom. The zero-order valence-corrected chi connectivity index (χ0v) is 12.0. The predicted molar refractivity (Wildman–Crippen MR) is 65.0 cm³/mol. The van der Waals surface area contributed by atoms with Gasteiger partial charge in [-0.25, -0.2) is 0 Å². The Kier molecular flexibility index (Phi) is 4.38. The first kappa shape index (κ1) is 14.4. The quantitative estimate of drug-likeness (QED) is 0.727. The van der Waals surface area contributed by atoms with E-state index in [2.05, 4.69) is 3.63 Å². The van der Waals surface area contributed by atoms with E-state index in [0.29, 0.717) is 12.8 Å². The van der Waals surface area contributed by atoms with Crippen molar-refractivity contribution >= 4 is 29.5 Å². The second kappa shape index (κ2) is 4.88. The van der Waals surface area contributed by atoms with E-state index in [0.717, 1.165) is 19.3 Å². The van der Waals surface area contributed by atoms with E-state index in [1.54, 1.807) is 6.92 Å². The normalized spacial score (nSPS) is 21.9. The van der Waals surface area contributed by atoms with Crippen LogP contribution in [0.2, 0.25) is 0 Å². The Labute approximate surface area is 99.4 Å². The first-order chi connectivity index (χ1) is 7.22. The largest absolute Gasteiger partial charge is 0.287 e. The third-order valence-corrected chi connectivity index (χ3v) is 7.71. The Bertz CT molecular complexity index is 433. The lowest BCUT2D eigenvalue weighted by molar-refractivity contribution is 0.360. The minimum Gasteiger partial charge on any atom is -0.198 e. The van der Waals surface area contributed by atoms with Crippen molar-refractivity contribution in [3.63, 3.8) is 0 Å². The van der Waals surface area contributed by atoms with Gasteiger partial charge in [-0.15, -0.1) is 12.9 Å². The standard InChI is InChI=1S/C8H17O5PS2/c1-8(5-3-2-4-6-8)16(11,12)13-15(9,10)7-14/h2-7,14H2,1H3. The molecule has 0 aromatic carbocycles. The summed E-state index contributed by atoms with van der Waals surface area (Å²) in [5.41, 5.74) is -0.414. The fraction of sp³-hybridized carbons (Fsp3) is 1.00. The highest BCUT2D eigenvalue weighted by atomic mass is 32.3. The highest BCUT2D eigenvalue weighted by molar-refractivity contribution is 8.02. The average molecular weight is 288 g/mol. The van der Waals surface area contributed by atoms with E-state index in [9.17, 15) is 16.8 Å². The maximum absolute atomic E-state index is 11.9. The topological polar surface area (TPSA) is 77.5 Å². The van der Waals surface area contributed by atoms with Gasteiger partial charge in [-0.05, 0) is 19.8 Å².